The molecule has 3 N–H and O–H groups in total. The van der Waals surface area contributed by atoms with Crippen molar-refractivity contribution in [2.45, 2.75) is 41.7 Å². The molecule has 0 saturated carbocycles. The molecule has 0 radical (unpaired) electrons. The van der Waals surface area contributed by atoms with Gasteiger partial charge in [-0.2, -0.15) is 0 Å². The van der Waals surface area contributed by atoms with Crippen LogP contribution in [-0.4, -0.2) is 56.2 Å². The van der Waals surface area contributed by atoms with Crippen LogP contribution in [0.25, 0.3) is 16.7 Å². The first-order valence-corrected chi connectivity index (χ1v) is 11.5. The van der Waals surface area contributed by atoms with Crippen LogP contribution in [0, 0.1) is 5.41 Å². The van der Waals surface area contributed by atoms with Crippen molar-refractivity contribution in [1.82, 2.24) is 24.3 Å². The molecule has 4 aromatic heterocycles. The third kappa shape index (κ3) is 3.02. The number of pyridine rings is 1. The molecular weight excluding hydrogens is 410 g/mol. The molecule has 2 fully saturated rings. The summed E-state index contributed by atoms with van der Waals surface area (Å²) < 4.78 is 7.97. The molecule has 2 saturated heterocycles. The SMILES string of the molecule is C[C@@H]1OCC2(CCN(c3ncc(Sc4ccnc5[nH]ccc45)c4nccn34)CC2)[C@@H]1N. The molecule has 0 aromatic carbocycles. The lowest BCUT2D eigenvalue weighted by atomic mass is 9.73. The quantitative estimate of drug-likeness (QED) is 0.510. The summed E-state index contributed by atoms with van der Waals surface area (Å²) in [6, 6.07) is 4.20. The van der Waals surface area contributed by atoms with Gasteiger partial charge in [-0.3, -0.25) is 4.40 Å². The molecule has 2 atom stereocenters. The number of hydrogen-bond donors (Lipinski definition) is 2. The lowest BCUT2D eigenvalue weighted by Crippen LogP contribution is -2.51. The van der Waals surface area contributed by atoms with Gasteiger partial charge in [-0.15, -0.1) is 0 Å². The van der Waals surface area contributed by atoms with Crippen molar-refractivity contribution in [1.29, 1.82) is 0 Å². The highest BCUT2D eigenvalue weighted by molar-refractivity contribution is 7.99. The van der Waals surface area contributed by atoms with Crippen molar-refractivity contribution in [3.63, 3.8) is 0 Å². The Morgan fingerprint density at radius 3 is 2.84 bits per heavy atom. The van der Waals surface area contributed by atoms with Crippen molar-refractivity contribution in [3.8, 4) is 0 Å². The van der Waals surface area contributed by atoms with Crippen LogP contribution in [0.4, 0.5) is 5.95 Å². The summed E-state index contributed by atoms with van der Waals surface area (Å²) in [5.74, 6) is 0.939. The van der Waals surface area contributed by atoms with Crippen LogP contribution < -0.4 is 10.6 Å². The summed E-state index contributed by atoms with van der Waals surface area (Å²) in [6.45, 7) is 4.70. The molecule has 4 aromatic rings. The number of aromatic amines is 1. The van der Waals surface area contributed by atoms with Crippen LogP contribution in [0.15, 0.2) is 52.9 Å². The van der Waals surface area contributed by atoms with E-state index in [1.807, 2.05) is 37.1 Å². The summed E-state index contributed by atoms with van der Waals surface area (Å²) in [5.41, 5.74) is 8.40. The highest BCUT2D eigenvalue weighted by Gasteiger charge is 2.47. The van der Waals surface area contributed by atoms with E-state index in [1.54, 1.807) is 11.8 Å². The van der Waals surface area contributed by atoms with Crippen LogP contribution in [0.5, 0.6) is 0 Å². The number of nitrogens with two attached hydrogens (primary N) is 1. The molecule has 2 aliphatic heterocycles. The molecule has 2 aliphatic rings. The van der Waals surface area contributed by atoms with Gasteiger partial charge in [-0.25, -0.2) is 15.0 Å². The second kappa shape index (κ2) is 7.22. The Morgan fingerprint density at radius 1 is 1.16 bits per heavy atom. The van der Waals surface area contributed by atoms with Gasteiger partial charge in [-0.1, -0.05) is 11.8 Å². The lowest BCUT2D eigenvalue weighted by molar-refractivity contribution is 0.0973. The van der Waals surface area contributed by atoms with Gasteiger partial charge in [0.1, 0.15) is 5.65 Å². The first-order valence-electron chi connectivity index (χ1n) is 10.7. The monoisotopic (exact) mass is 435 g/mol. The molecular formula is C22H25N7OS. The molecule has 9 heteroatoms. The van der Waals surface area contributed by atoms with Gasteiger partial charge in [0.15, 0.2) is 5.65 Å². The first kappa shape index (κ1) is 19.1. The third-order valence-electron chi connectivity index (χ3n) is 6.90. The van der Waals surface area contributed by atoms with Gasteiger partial charge in [0.25, 0.3) is 0 Å². The number of hydrogen-bond acceptors (Lipinski definition) is 7. The number of anilines is 1. The van der Waals surface area contributed by atoms with E-state index in [2.05, 4.69) is 37.2 Å². The molecule has 8 nitrogen and oxygen atoms in total. The zero-order valence-corrected chi connectivity index (χ0v) is 18.2. The van der Waals surface area contributed by atoms with Crippen LogP contribution in [0.1, 0.15) is 19.8 Å². The molecule has 0 aliphatic carbocycles. The van der Waals surface area contributed by atoms with E-state index in [1.165, 1.54) is 0 Å². The number of H-pyrrole nitrogens is 1. The molecule has 0 bridgehead atoms. The Hall–Kier alpha value is -2.62. The standard InChI is InChI=1S/C22H25N7OS/c1-14-18(23)22(13-30-14)4-9-28(10-5-22)21-27-12-17(20-26-8-11-29(20)21)31-16-3-7-25-19-15(16)2-6-24-19/h2-3,6-8,11-12,14,18H,4-5,9-10,13,23H2,1H3,(H,24,25)/t14-,18+/m0/s1. The predicted molar refractivity (Wildman–Crippen MR) is 120 cm³/mol. The minimum absolute atomic E-state index is 0.100. The van der Waals surface area contributed by atoms with Crippen LogP contribution >= 0.6 is 11.8 Å². The largest absolute Gasteiger partial charge is 0.376 e. The van der Waals surface area contributed by atoms with Crippen molar-refractivity contribution in [3.05, 3.63) is 43.1 Å². The van der Waals surface area contributed by atoms with Gasteiger partial charge < -0.3 is 20.4 Å². The maximum Gasteiger partial charge on any atom is 0.211 e. The second-order valence-corrected chi connectivity index (χ2v) is 9.67. The Kier molecular flexibility index (Phi) is 4.45. The molecule has 160 valence electrons. The topological polar surface area (TPSA) is 97.4 Å². The summed E-state index contributed by atoms with van der Waals surface area (Å²) in [5, 5.41) is 1.10. The van der Waals surface area contributed by atoms with Crippen molar-refractivity contribution in [2.75, 3.05) is 24.6 Å². The molecule has 1 spiro atoms. The van der Waals surface area contributed by atoms with Crippen molar-refractivity contribution < 1.29 is 4.74 Å². The molecule has 31 heavy (non-hydrogen) atoms. The summed E-state index contributed by atoms with van der Waals surface area (Å²) in [7, 11) is 0. The maximum atomic E-state index is 6.49. The van der Waals surface area contributed by atoms with E-state index >= 15 is 0 Å². The number of nitrogens with zero attached hydrogens (tertiary/aromatic N) is 5. The minimum Gasteiger partial charge on any atom is -0.376 e. The summed E-state index contributed by atoms with van der Waals surface area (Å²) >= 11 is 1.67. The fraction of sp³-hybridized carbons (Fsp3) is 0.409. The lowest BCUT2D eigenvalue weighted by Gasteiger charge is -2.41. The smallest absolute Gasteiger partial charge is 0.211 e. The molecule has 6 rings (SSSR count). The summed E-state index contributed by atoms with van der Waals surface area (Å²) in [6.07, 6.45) is 11.7. The zero-order chi connectivity index (χ0) is 21.0. The average Bonchev–Trinajstić information content (AvgIpc) is 3.53. The Morgan fingerprint density at radius 2 is 2.03 bits per heavy atom. The van der Waals surface area contributed by atoms with Gasteiger partial charge in [-0.05, 0) is 31.9 Å². The molecule has 0 unspecified atom stereocenters. The fourth-order valence-corrected chi connectivity index (χ4v) is 5.95. The van der Waals surface area contributed by atoms with E-state index in [9.17, 15) is 0 Å². The van der Waals surface area contributed by atoms with Crippen LogP contribution in [0.3, 0.4) is 0 Å². The van der Waals surface area contributed by atoms with Gasteiger partial charge >= 0.3 is 0 Å². The fourth-order valence-electron chi connectivity index (χ4n) is 4.96. The normalized spacial score (nSPS) is 23.4. The van der Waals surface area contributed by atoms with Crippen LogP contribution in [0.2, 0.25) is 0 Å². The van der Waals surface area contributed by atoms with E-state index in [0.717, 1.165) is 65.0 Å². The number of piperidine rings is 1. The molecule has 6 heterocycles. The van der Waals surface area contributed by atoms with E-state index in [-0.39, 0.29) is 17.6 Å². The first-order chi connectivity index (χ1) is 15.1. The average molecular weight is 436 g/mol. The van der Waals surface area contributed by atoms with Gasteiger partial charge in [0, 0.05) is 65.8 Å². The maximum absolute atomic E-state index is 6.49. The summed E-state index contributed by atoms with van der Waals surface area (Å²) in [4.78, 5) is 21.6. The number of nitrogens with one attached hydrogen (secondary N) is 1. The van der Waals surface area contributed by atoms with Gasteiger partial charge in [0.05, 0.1) is 17.6 Å². The highest BCUT2D eigenvalue weighted by Crippen LogP contribution is 2.42. The van der Waals surface area contributed by atoms with Gasteiger partial charge in [0.2, 0.25) is 5.95 Å². The number of ether oxygens (including phenoxy) is 1. The van der Waals surface area contributed by atoms with E-state index < -0.39 is 0 Å². The number of rotatable bonds is 3. The Bertz CT molecular complexity index is 1240. The number of aromatic nitrogens is 5. The third-order valence-corrected chi connectivity index (χ3v) is 7.99. The highest BCUT2D eigenvalue weighted by atomic mass is 32.2. The molecule has 0 amide bonds. The predicted octanol–water partition coefficient (Wildman–Crippen LogP) is 3.09. The number of fused-ring (bicyclic) bond motifs is 2. The Labute approximate surface area is 184 Å². The Balaban J connectivity index is 1.29. The number of imidazole rings is 1. The van der Waals surface area contributed by atoms with Crippen molar-refractivity contribution in [2.24, 2.45) is 11.1 Å². The van der Waals surface area contributed by atoms with Crippen molar-refractivity contribution >= 4 is 34.4 Å². The zero-order valence-electron chi connectivity index (χ0n) is 17.4. The minimum atomic E-state index is 0.100. The van der Waals surface area contributed by atoms with Crippen LogP contribution in [-0.2, 0) is 4.74 Å². The van der Waals surface area contributed by atoms with E-state index in [4.69, 9.17) is 15.5 Å². The second-order valence-electron chi connectivity index (χ2n) is 8.59. The van der Waals surface area contributed by atoms with E-state index in [0.29, 0.717) is 0 Å².